The summed E-state index contributed by atoms with van der Waals surface area (Å²) in [6.45, 7) is 4.95. The Labute approximate surface area is 118 Å². The van der Waals surface area contributed by atoms with Gasteiger partial charge in [0.15, 0.2) is 0 Å². The lowest BCUT2D eigenvalue weighted by atomic mass is 10.3. The van der Waals surface area contributed by atoms with Crippen LogP contribution in [0.2, 0.25) is 0 Å². The van der Waals surface area contributed by atoms with Gasteiger partial charge in [-0.2, -0.15) is 0 Å². The molecule has 2 aromatic rings. The number of hydrogen-bond acceptors (Lipinski definition) is 2. The molecule has 1 saturated carbocycles. The Morgan fingerprint density at radius 1 is 1.47 bits per heavy atom. The Bertz CT molecular complexity index is 593. The molecule has 2 atom stereocenters. The van der Waals surface area contributed by atoms with Gasteiger partial charge >= 0.3 is 0 Å². The number of hydrogen-bond donors (Lipinski definition) is 0. The Morgan fingerprint density at radius 2 is 2.26 bits per heavy atom. The van der Waals surface area contributed by atoms with E-state index in [4.69, 9.17) is 21.3 Å². The van der Waals surface area contributed by atoms with Crippen LogP contribution in [-0.4, -0.2) is 22.0 Å². The van der Waals surface area contributed by atoms with Crippen molar-refractivity contribution >= 4 is 22.6 Å². The zero-order chi connectivity index (χ0) is 13.4. The van der Waals surface area contributed by atoms with Crippen molar-refractivity contribution in [1.82, 2.24) is 9.55 Å². The number of para-hydroxylation sites is 1. The molecular formula is C15H19ClN2O. The minimum absolute atomic E-state index is 0.583. The van der Waals surface area contributed by atoms with Crippen molar-refractivity contribution in [1.29, 1.82) is 0 Å². The first kappa shape index (κ1) is 12.8. The van der Waals surface area contributed by atoms with E-state index in [9.17, 15) is 0 Å². The first-order valence-corrected chi connectivity index (χ1v) is 7.48. The minimum atomic E-state index is 0.583. The SMILES string of the molecule is CCOc1cccc2c1nc(CCCl)n2C1CC1C. The second-order valence-electron chi connectivity index (χ2n) is 5.17. The van der Waals surface area contributed by atoms with E-state index in [0.717, 1.165) is 29.4 Å². The molecule has 3 nitrogen and oxygen atoms in total. The highest BCUT2D eigenvalue weighted by molar-refractivity contribution is 6.17. The monoisotopic (exact) mass is 278 g/mol. The van der Waals surface area contributed by atoms with Gasteiger partial charge in [0.05, 0.1) is 12.1 Å². The van der Waals surface area contributed by atoms with E-state index < -0.39 is 0 Å². The number of alkyl halides is 1. The molecule has 1 aliphatic carbocycles. The third-order valence-electron chi connectivity index (χ3n) is 3.77. The standard InChI is InChI=1S/C15H19ClN2O/c1-3-19-13-6-4-5-11-15(13)17-14(7-8-16)18(11)12-9-10(12)2/h4-6,10,12H,3,7-9H2,1-2H3. The smallest absolute Gasteiger partial charge is 0.147 e. The van der Waals surface area contributed by atoms with Crippen LogP contribution in [-0.2, 0) is 6.42 Å². The largest absolute Gasteiger partial charge is 0.492 e. The molecule has 1 aromatic carbocycles. The average Bonchev–Trinajstić information content (AvgIpc) is 2.99. The van der Waals surface area contributed by atoms with Gasteiger partial charge in [0.25, 0.3) is 0 Å². The van der Waals surface area contributed by atoms with Gasteiger partial charge in [0.2, 0.25) is 0 Å². The topological polar surface area (TPSA) is 27.1 Å². The molecule has 0 spiro atoms. The molecule has 0 saturated heterocycles. The molecule has 0 radical (unpaired) electrons. The van der Waals surface area contributed by atoms with Crippen LogP contribution in [0.1, 0.15) is 32.1 Å². The predicted molar refractivity (Wildman–Crippen MR) is 78.1 cm³/mol. The van der Waals surface area contributed by atoms with E-state index in [-0.39, 0.29) is 0 Å². The zero-order valence-corrected chi connectivity index (χ0v) is 12.2. The molecular weight excluding hydrogens is 260 g/mol. The molecule has 1 fully saturated rings. The molecule has 1 heterocycles. The van der Waals surface area contributed by atoms with E-state index in [1.165, 1.54) is 11.9 Å². The highest BCUT2D eigenvalue weighted by atomic mass is 35.5. The van der Waals surface area contributed by atoms with Crippen molar-refractivity contribution in [2.24, 2.45) is 5.92 Å². The maximum absolute atomic E-state index is 5.91. The molecule has 1 aromatic heterocycles. The van der Waals surface area contributed by atoms with Crippen molar-refractivity contribution in [3.05, 3.63) is 24.0 Å². The van der Waals surface area contributed by atoms with Crippen LogP contribution in [0.5, 0.6) is 5.75 Å². The van der Waals surface area contributed by atoms with Crippen LogP contribution in [0.4, 0.5) is 0 Å². The fraction of sp³-hybridized carbons (Fsp3) is 0.533. The minimum Gasteiger partial charge on any atom is -0.492 e. The molecule has 0 aliphatic heterocycles. The first-order valence-electron chi connectivity index (χ1n) is 6.94. The quantitative estimate of drug-likeness (QED) is 0.778. The number of aryl methyl sites for hydroxylation is 1. The molecule has 2 unspecified atom stereocenters. The van der Waals surface area contributed by atoms with Gasteiger partial charge in [-0.1, -0.05) is 13.0 Å². The Morgan fingerprint density at radius 3 is 2.89 bits per heavy atom. The lowest BCUT2D eigenvalue weighted by Crippen LogP contribution is -2.03. The number of aromatic nitrogens is 2. The molecule has 0 N–H and O–H groups in total. The van der Waals surface area contributed by atoms with Gasteiger partial charge in [-0.05, 0) is 31.4 Å². The van der Waals surface area contributed by atoms with E-state index in [0.29, 0.717) is 18.5 Å². The van der Waals surface area contributed by atoms with E-state index in [2.05, 4.69) is 17.6 Å². The lowest BCUT2D eigenvalue weighted by molar-refractivity contribution is 0.343. The number of nitrogens with zero attached hydrogens (tertiary/aromatic N) is 2. The zero-order valence-electron chi connectivity index (χ0n) is 11.4. The molecule has 0 amide bonds. The molecule has 4 heteroatoms. The Kier molecular flexibility index (Phi) is 3.40. The summed E-state index contributed by atoms with van der Waals surface area (Å²) in [7, 11) is 0. The molecule has 19 heavy (non-hydrogen) atoms. The van der Waals surface area contributed by atoms with Gasteiger partial charge in [0, 0.05) is 18.3 Å². The van der Waals surface area contributed by atoms with Crippen LogP contribution in [0, 0.1) is 5.92 Å². The molecule has 102 valence electrons. The number of benzene rings is 1. The van der Waals surface area contributed by atoms with Crippen molar-refractivity contribution in [2.45, 2.75) is 32.7 Å². The second-order valence-corrected chi connectivity index (χ2v) is 5.55. The summed E-state index contributed by atoms with van der Waals surface area (Å²) in [6, 6.07) is 6.75. The summed E-state index contributed by atoms with van der Waals surface area (Å²) >= 11 is 5.91. The lowest BCUT2D eigenvalue weighted by Gasteiger charge is -2.07. The summed E-state index contributed by atoms with van der Waals surface area (Å²) in [4.78, 5) is 4.77. The van der Waals surface area contributed by atoms with Gasteiger partial charge in [-0.3, -0.25) is 0 Å². The van der Waals surface area contributed by atoms with Crippen LogP contribution >= 0.6 is 11.6 Å². The van der Waals surface area contributed by atoms with Gasteiger partial charge in [-0.25, -0.2) is 4.98 Å². The maximum Gasteiger partial charge on any atom is 0.147 e. The number of ether oxygens (including phenoxy) is 1. The third-order valence-corrected chi connectivity index (χ3v) is 3.96. The van der Waals surface area contributed by atoms with Crippen LogP contribution < -0.4 is 4.74 Å². The van der Waals surface area contributed by atoms with E-state index >= 15 is 0 Å². The number of rotatable bonds is 5. The fourth-order valence-corrected chi connectivity index (χ4v) is 2.87. The predicted octanol–water partition coefficient (Wildman–Crippen LogP) is 3.80. The van der Waals surface area contributed by atoms with Crippen LogP contribution in [0.3, 0.4) is 0 Å². The second kappa shape index (κ2) is 5.04. The summed E-state index contributed by atoms with van der Waals surface area (Å²) in [5, 5.41) is 0. The van der Waals surface area contributed by atoms with Crippen molar-refractivity contribution < 1.29 is 4.74 Å². The number of imidazole rings is 1. The van der Waals surface area contributed by atoms with Crippen LogP contribution in [0.15, 0.2) is 18.2 Å². The van der Waals surface area contributed by atoms with Gasteiger partial charge in [-0.15, -0.1) is 11.6 Å². The highest BCUT2D eigenvalue weighted by Crippen LogP contribution is 2.45. The van der Waals surface area contributed by atoms with E-state index in [1.807, 2.05) is 19.1 Å². The van der Waals surface area contributed by atoms with E-state index in [1.54, 1.807) is 0 Å². The third kappa shape index (κ3) is 2.20. The van der Waals surface area contributed by atoms with Gasteiger partial charge in [0.1, 0.15) is 17.1 Å². The van der Waals surface area contributed by atoms with Crippen molar-refractivity contribution in [2.75, 3.05) is 12.5 Å². The first-order chi connectivity index (χ1) is 9.26. The maximum atomic E-state index is 5.91. The van der Waals surface area contributed by atoms with Gasteiger partial charge < -0.3 is 9.30 Å². The average molecular weight is 279 g/mol. The highest BCUT2D eigenvalue weighted by Gasteiger charge is 2.37. The summed E-state index contributed by atoms with van der Waals surface area (Å²) < 4.78 is 8.05. The molecule has 0 bridgehead atoms. The molecule has 3 rings (SSSR count). The number of halogens is 1. The summed E-state index contributed by atoms with van der Waals surface area (Å²) in [5.41, 5.74) is 2.16. The van der Waals surface area contributed by atoms with Crippen molar-refractivity contribution in [3.8, 4) is 5.75 Å². The normalized spacial score (nSPS) is 21.8. The summed E-state index contributed by atoms with van der Waals surface area (Å²) in [5.74, 6) is 3.31. The molecule has 1 aliphatic rings. The Balaban J connectivity index is 2.14. The summed E-state index contributed by atoms with van der Waals surface area (Å²) in [6.07, 6.45) is 2.05. The fourth-order valence-electron chi connectivity index (χ4n) is 2.70. The van der Waals surface area contributed by atoms with Crippen LogP contribution in [0.25, 0.3) is 11.0 Å². The number of fused-ring (bicyclic) bond motifs is 1. The van der Waals surface area contributed by atoms with Crippen molar-refractivity contribution in [3.63, 3.8) is 0 Å². The Hall–Kier alpha value is -1.22.